The first kappa shape index (κ1) is 22.9. The van der Waals surface area contributed by atoms with Gasteiger partial charge in [-0.25, -0.2) is 14.6 Å². The van der Waals surface area contributed by atoms with Crippen molar-refractivity contribution in [2.75, 3.05) is 11.9 Å². The molecule has 1 aliphatic carbocycles. The molecule has 1 aliphatic rings. The van der Waals surface area contributed by atoms with Crippen LogP contribution in [0.2, 0.25) is 0 Å². The Labute approximate surface area is 204 Å². The summed E-state index contributed by atoms with van der Waals surface area (Å²) < 4.78 is 3.49. The average molecular weight is 471 g/mol. The lowest BCUT2D eigenvalue weighted by Crippen LogP contribution is -2.32. The lowest BCUT2D eigenvalue weighted by atomic mass is 9.84. The van der Waals surface area contributed by atoms with E-state index in [-0.39, 0.29) is 6.04 Å². The molecular weight excluding hydrogens is 440 g/mol. The van der Waals surface area contributed by atoms with Gasteiger partial charge in [0.15, 0.2) is 11.5 Å². The maximum atomic E-state index is 9.14. The Morgan fingerprint density at radius 1 is 1.11 bits per heavy atom. The van der Waals surface area contributed by atoms with Crippen LogP contribution >= 0.6 is 0 Å². The highest BCUT2D eigenvalue weighted by Crippen LogP contribution is 2.32. The number of rotatable bonds is 7. The molecule has 4 aromatic heterocycles. The van der Waals surface area contributed by atoms with Crippen molar-refractivity contribution in [3.63, 3.8) is 0 Å². The summed E-state index contributed by atoms with van der Waals surface area (Å²) in [5, 5.41) is 30.4. The number of hydrogen-bond acceptors (Lipinski definition) is 8. The Hall–Kier alpha value is -3.84. The molecule has 0 amide bonds. The van der Waals surface area contributed by atoms with Crippen molar-refractivity contribution >= 4 is 16.7 Å². The largest absolute Gasteiger partial charge is 0.381 e. The van der Waals surface area contributed by atoms with Gasteiger partial charge in [-0.15, -0.1) is 5.10 Å². The van der Waals surface area contributed by atoms with Crippen LogP contribution in [0, 0.1) is 11.3 Å². The first-order chi connectivity index (χ1) is 17.1. The molecule has 35 heavy (non-hydrogen) atoms. The van der Waals surface area contributed by atoms with Crippen LogP contribution < -0.4 is 10.6 Å². The molecule has 2 N–H and O–H groups in total. The fraction of sp³-hybridized carbons (Fsp3) is 0.440. The Balaban J connectivity index is 1.44. The molecule has 4 aromatic rings. The van der Waals surface area contributed by atoms with Gasteiger partial charge in [0, 0.05) is 35.7 Å². The van der Waals surface area contributed by atoms with Crippen LogP contribution in [0.15, 0.2) is 36.9 Å². The summed E-state index contributed by atoms with van der Waals surface area (Å²) in [5.74, 6) is 1.07. The molecule has 0 saturated heterocycles. The number of aromatic nitrogens is 7. The minimum atomic E-state index is 0.207. The van der Waals surface area contributed by atoms with Crippen molar-refractivity contribution in [2.24, 2.45) is 0 Å². The summed E-state index contributed by atoms with van der Waals surface area (Å²) in [6.07, 6.45) is 11.7. The van der Waals surface area contributed by atoms with Crippen molar-refractivity contribution in [3.05, 3.63) is 48.2 Å². The average Bonchev–Trinajstić information content (AvgIpc) is 3.51. The third-order valence-electron chi connectivity index (χ3n) is 6.46. The monoisotopic (exact) mass is 470 g/mol. The summed E-state index contributed by atoms with van der Waals surface area (Å²) in [6, 6.07) is 6.66. The second-order valence-electron chi connectivity index (χ2n) is 9.36. The third-order valence-corrected chi connectivity index (χ3v) is 6.46. The van der Waals surface area contributed by atoms with Gasteiger partial charge in [0.1, 0.15) is 11.8 Å². The van der Waals surface area contributed by atoms with Crippen molar-refractivity contribution in [3.8, 4) is 17.6 Å². The topological polar surface area (TPSA) is 122 Å². The van der Waals surface area contributed by atoms with Gasteiger partial charge in [-0.1, -0.05) is 12.1 Å². The Bertz CT molecular complexity index is 1350. The quantitative estimate of drug-likeness (QED) is 0.419. The molecule has 0 radical (unpaired) electrons. The number of anilines is 1. The molecule has 10 heteroatoms. The Kier molecular flexibility index (Phi) is 6.42. The van der Waals surface area contributed by atoms with Crippen molar-refractivity contribution in [1.29, 1.82) is 5.26 Å². The van der Waals surface area contributed by atoms with Gasteiger partial charge in [0.2, 0.25) is 0 Å². The number of nitrogens with zero attached hydrogens (tertiary/aromatic N) is 8. The van der Waals surface area contributed by atoms with E-state index in [1.54, 1.807) is 29.3 Å². The number of fused-ring (bicyclic) bond motifs is 1. The molecule has 1 saturated carbocycles. The van der Waals surface area contributed by atoms with Gasteiger partial charge in [-0.3, -0.25) is 0 Å². The van der Waals surface area contributed by atoms with Crippen LogP contribution in [0.25, 0.3) is 22.5 Å². The van der Waals surface area contributed by atoms with E-state index in [1.807, 2.05) is 16.9 Å². The summed E-state index contributed by atoms with van der Waals surface area (Å²) >= 11 is 0. The van der Waals surface area contributed by atoms with Gasteiger partial charge < -0.3 is 10.6 Å². The molecule has 1 fully saturated rings. The fourth-order valence-corrected chi connectivity index (χ4v) is 4.78. The second kappa shape index (κ2) is 9.80. The smallest absolute Gasteiger partial charge is 0.164 e. The SMILES string of the molecule is CCN[C@H]1CC[C@@H](c2cn(-c3cnc(-n4ncc5cc(C#N)cnc54)cc3NC(C)C)nn2)CC1. The van der Waals surface area contributed by atoms with Gasteiger partial charge >= 0.3 is 0 Å². The van der Waals surface area contributed by atoms with E-state index < -0.39 is 0 Å². The molecule has 0 atom stereocenters. The molecule has 0 unspecified atom stereocenters. The van der Waals surface area contributed by atoms with E-state index in [0.717, 1.165) is 41.8 Å². The minimum absolute atomic E-state index is 0.207. The third kappa shape index (κ3) is 4.72. The fourth-order valence-electron chi connectivity index (χ4n) is 4.78. The molecule has 10 nitrogen and oxygen atoms in total. The number of nitrogens with one attached hydrogen (secondary N) is 2. The molecule has 0 spiro atoms. The van der Waals surface area contributed by atoms with Crippen LogP contribution in [0.1, 0.15) is 63.6 Å². The van der Waals surface area contributed by atoms with Crippen molar-refractivity contribution < 1.29 is 0 Å². The number of hydrogen-bond donors (Lipinski definition) is 2. The Morgan fingerprint density at radius 3 is 2.69 bits per heavy atom. The summed E-state index contributed by atoms with van der Waals surface area (Å²) in [7, 11) is 0. The summed E-state index contributed by atoms with van der Waals surface area (Å²) in [5.41, 5.74) is 3.90. The highest BCUT2D eigenvalue weighted by molar-refractivity contribution is 5.77. The van der Waals surface area contributed by atoms with Crippen molar-refractivity contribution in [2.45, 2.75) is 64.5 Å². The molecule has 0 aliphatic heterocycles. The maximum absolute atomic E-state index is 9.14. The van der Waals surface area contributed by atoms with E-state index in [9.17, 15) is 0 Å². The van der Waals surface area contributed by atoms with Crippen LogP contribution in [-0.4, -0.2) is 53.4 Å². The van der Waals surface area contributed by atoms with Crippen molar-refractivity contribution in [1.82, 2.24) is 40.1 Å². The van der Waals surface area contributed by atoms with Crippen LogP contribution in [0.5, 0.6) is 0 Å². The summed E-state index contributed by atoms with van der Waals surface area (Å²) in [4.78, 5) is 9.09. The van der Waals surface area contributed by atoms with Crippen LogP contribution in [0.4, 0.5) is 5.69 Å². The second-order valence-corrected chi connectivity index (χ2v) is 9.36. The lowest BCUT2D eigenvalue weighted by molar-refractivity contribution is 0.344. The first-order valence-corrected chi connectivity index (χ1v) is 12.2. The molecule has 0 aromatic carbocycles. The normalized spacial score (nSPS) is 18.1. The predicted molar refractivity (Wildman–Crippen MR) is 134 cm³/mol. The number of pyridine rings is 2. The van der Waals surface area contributed by atoms with Gasteiger partial charge in [-0.2, -0.15) is 15.0 Å². The Morgan fingerprint density at radius 2 is 1.94 bits per heavy atom. The zero-order valence-electron chi connectivity index (χ0n) is 20.3. The van der Waals surface area contributed by atoms with E-state index >= 15 is 0 Å². The highest BCUT2D eigenvalue weighted by Gasteiger charge is 2.24. The van der Waals surface area contributed by atoms with E-state index in [0.29, 0.717) is 29.0 Å². The van der Waals surface area contributed by atoms with Gasteiger partial charge in [-0.05, 0) is 52.1 Å². The molecule has 4 heterocycles. The minimum Gasteiger partial charge on any atom is -0.381 e. The summed E-state index contributed by atoms with van der Waals surface area (Å²) in [6.45, 7) is 7.36. The zero-order valence-corrected chi connectivity index (χ0v) is 20.3. The number of nitriles is 1. The standard InChI is InChI=1S/C25H30N10/c1-4-27-20-7-5-18(6-8-20)22-15-34(33-32-22)23-14-28-24(10-21(23)31-16(2)3)35-25-19(13-30-35)9-17(11-26)12-29-25/h9-10,12-16,18,20,27H,4-8H2,1-3H3,(H,28,31)/t18-,20+. The van der Waals surface area contributed by atoms with E-state index in [4.69, 9.17) is 5.26 Å². The van der Waals surface area contributed by atoms with Gasteiger partial charge in [0.25, 0.3) is 0 Å². The van der Waals surface area contributed by atoms with Crippen LogP contribution in [-0.2, 0) is 0 Å². The zero-order chi connectivity index (χ0) is 24.4. The predicted octanol–water partition coefficient (Wildman–Crippen LogP) is 3.72. The molecular formula is C25H30N10. The lowest BCUT2D eigenvalue weighted by Gasteiger charge is -2.27. The molecule has 5 rings (SSSR count). The van der Waals surface area contributed by atoms with E-state index in [1.165, 1.54) is 12.8 Å². The van der Waals surface area contributed by atoms with E-state index in [2.05, 4.69) is 62.9 Å². The highest BCUT2D eigenvalue weighted by atomic mass is 15.4. The van der Waals surface area contributed by atoms with Crippen LogP contribution in [0.3, 0.4) is 0 Å². The molecule has 0 bridgehead atoms. The maximum Gasteiger partial charge on any atom is 0.164 e. The molecule has 180 valence electrons. The van der Waals surface area contributed by atoms with Gasteiger partial charge in [0.05, 0.1) is 35.5 Å². The first-order valence-electron chi connectivity index (χ1n) is 12.2.